The molecule has 7 aromatic rings. The van der Waals surface area contributed by atoms with Crippen LogP contribution in [0.25, 0.3) is 10.8 Å². The van der Waals surface area contributed by atoms with E-state index in [1.54, 1.807) is 0 Å². The second-order valence-corrected chi connectivity index (χ2v) is 19.9. The van der Waals surface area contributed by atoms with Gasteiger partial charge in [-0.2, -0.15) is 0 Å². The Labute approximate surface area is 523 Å². The fraction of sp³-hybridized carbons (Fsp3) is 0.221. The lowest BCUT2D eigenvalue weighted by Crippen LogP contribution is -2.06. The maximum Gasteiger partial charge on any atom is 0.330 e. The molecule has 0 bridgehead atoms. The molecular weight excluding hydrogens is 1120 g/mol. The van der Waals surface area contributed by atoms with Crippen LogP contribution in [0.1, 0.15) is 98.0 Å². The fourth-order valence-corrected chi connectivity index (χ4v) is 8.33. The smallest absolute Gasteiger partial charge is 0.330 e. The summed E-state index contributed by atoms with van der Waals surface area (Å²) in [6.45, 7) is 26.5. The summed E-state index contributed by atoms with van der Waals surface area (Å²) in [6.07, 6.45) is 6.96. The molecule has 7 aromatic carbocycles. The first kappa shape index (κ1) is 67.2. The second-order valence-electron chi connectivity index (χ2n) is 19.9. The van der Waals surface area contributed by atoms with Crippen LogP contribution < -0.4 is 18.9 Å². The molecule has 7 rings (SSSR count). The Kier molecular flexibility index (Phi) is 27.3. The van der Waals surface area contributed by atoms with Crippen molar-refractivity contribution >= 4 is 34.6 Å². The molecule has 89 heavy (non-hydrogen) atoms. The number of hydrogen-bond donors (Lipinski definition) is 0. The van der Waals surface area contributed by atoms with E-state index < -0.39 is 23.9 Å². The molecule has 0 atom stereocenters. The van der Waals surface area contributed by atoms with Crippen molar-refractivity contribution < 1.29 is 57.1 Å². The van der Waals surface area contributed by atoms with Gasteiger partial charge in [0.05, 0.1) is 52.9 Å². The molecule has 12 nitrogen and oxygen atoms in total. The molecule has 0 saturated heterocycles. The van der Waals surface area contributed by atoms with Gasteiger partial charge in [-0.1, -0.05) is 97.9 Å². The van der Waals surface area contributed by atoms with Crippen molar-refractivity contribution in [2.45, 2.75) is 60.3 Å². The van der Waals surface area contributed by atoms with Crippen LogP contribution in [0.4, 0.5) is 0 Å². The van der Waals surface area contributed by atoms with Gasteiger partial charge in [-0.05, 0) is 176 Å². The van der Waals surface area contributed by atoms with Crippen molar-refractivity contribution in [3.05, 3.63) is 250 Å². The predicted octanol–water partition coefficient (Wildman–Crippen LogP) is 13.7. The van der Waals surface area contributed by atoms with Gasteiger partial charge in [-0.3, -0.25) is 0 Å². The molecule has 0 aliphatic rings. The number of carbonyl (C=O) groups excluding carboxylic acids is 4. The molecular formula is C77H72O12. The number of fused-ring (bicyclic) bond motifs is 1. The van der Waals surface area contributed by atoms with E-state index >= 15 is 0 Å². The molecule has 0 amide bonds. The fourth-order valence-electron chi connectivity index (χ4n) is 8.33. The van der Waals surface area contributed by atoms with Crippen LogP contribution in [-0.2, 0) is 38.1 Å². The zero-order chi connectivity index (χ0) is 63.8. The number of carbonyl (C=O) groups is 4. The van der Waals surface area contributed by atoms with Crippen molar-refractivity contribution in [2.75, 3.05) is 52.9 Å². The van der Waals surface area contributed by atoms with Crippen LogP contribution in [-0.4, -0.2) is 76.7 Å². The van der Waals surface area contributed by atoms with E-state index in [1.165, 1.54) is 0 Å². The van der Waals surface area contributed by atoms with Gasteiger partial charge in [0, 0.05) is 94.5 Å². The summed E-state index contributed by atoms with van der Waals surface area (Å²) in [5.41, 5.74) is 12.5. The van der Waals surface area contributed by atoms with E-state index in [0.717, 1.165) is 130 Å². The zero-order valence-corrected chi connectivity index (χ0v) is 51.1. The minimum atomic E-state index is -0.433. The molecule has 452 valence electrons. The largest absolute Gasteiger partial charge is 0.493 e. The molecule has 0 aliphatic heterocycles. The van der Waals surface area contributed by atoms with E-state index in [1.807, 2.05) is 150 Å². The van der Waals surface area contributed by atoms with Gasteiger partial charge in [0.1, 0.15) is 23.0 Å². The van der Waals surface area contributed by atoms with E-state index in [4.69, 9.17) is 37.9 Å². The van der Waals surface area contributed by atoms with Gasteiger partial charge < -0.3 is 37.9 Å². The molecule has 12 heteroatoms. The van der Waals surface area contributed by atoms with Crippen LogP contribution in [0, 0.1) is 82.0 Å². The summed E-state index contributed by atoms with van der Waals surface area (Å²) in [4.78, 5) is 44.4. The summed E-state index contributed by atoms with van der Waals surface area (Å²) in [6, 6.07) is 41.4. The third kappa shape index (κ3) is 22.8. The standard InChI is InChI=1S/C40H36O6.C37H36O6/c1-5-39(41)45-25-9-23-43-35-21-19-31(29(3)27-35)13-15-33-17-18-34(38-12-8-7-11-37(33)38)16-14-32-20-22-36(28-30(32)4)44-24-10-26-46-40(42)6-2;1-6-36(38)42-22-8-20-40-34-18-16-32(28(4)25-34)13-11-30-10-12-31(27(3)24-30)14-15-33-17-19-35(26-29(33)5)41-21-9-23-43-37(39)7-2/h5-8,11-12,17-22,27-28H,1-2,9-10,23-26H2,3-4H3;6-7,10,12,16-19,24-26H,1-2,8-9,20-23H2,3-5H3. The average molecular weight is 1190 g/mol. The van der Waals surface area contributed by atoms with Gasteiger partial charge in [-0.15, -0.1) is 0 Å². The first-order chi connectivity index (χ1) is 43.2. The number of aryl methyl sites for hydroxylation is 5. The quantitative estimate of drug-likeness (QED) is 0.0187. The summed E-state index contributed by atoms with van der Waals surface area (Å²) < 4.78 is 42.9. The lowest BCUT2D eigenvalue weighted by Gasteiger charge is -2.08. The lowest BCUT2D eigenvalue weighted by molar-refractivity contribution is -0.138. The Hall–Kier alpha value is -10.9. The minimum Gasteiger partial charge on any atom is -0.493 e. The summed E-state index contributed by atoms with van der Waals surface area (Å²) in [5, 5.41) is 2.08. The van der Waals surface area contributed by atoms with Crippen molar-refractivity contribution in [1.82, 2.24) is 0 Å². The van der Waals surface area contributed by atoms with Crippen molar-refractivity contribution in [3.8, 4) is 70.4 Å². The Morgan fingerprint density at radius 3 is 0.831 bits per heavy atom. The Morgan fingerprint density at radius 2 is 0.562 bits per heavy atom. The third-order valence-electron chi connectivity index (χ3n) is 13.2. The maximum atomic E-state index is 11.1. The second kappa shape index (κ2) is 36.2. The SMILES string of the molecule is C=CC(=O)OCCCOc1ccc(C#Cc2ccc(C#Cc3ccc(OCCCOC(=O)C=C)cc3C)c(C)c2)c(C)c1.C=CC(=O)OCCCOc1ccc(C#Cc2ccc(C#Cc3ccc(OCCCOC(=O)C=C)cc3C)c3ccccc23)c(C)c1. The zero-order valence-electron chi connectivity index (χ0n) is 51.1. The number of hydrogen-bond acceptors (Lipinski definition) is 12. The highest BCUT2D eigenvalue weighted by Gasteiger charge is 2.08. The van der Waals surface area contributed by atoms with E-state index in [-0.39, 0.29) is 13.2 Å². The predicted molar refractivity (Wildman–Crippen MR) is 349 cm³/mol. The molecule has 0 N–H and O–H groups in total. The maximum absolute atomic E-state index is 11.1. The van der Waals surface area contributed by atoms with Crippen LogP contribution in [0.2, 0.25) is 0 Å². The molecule has 0 aromatic heterocycles. The lowest BCUT2D eigenvalue weighted by atomic mass is 9.99. The first-order valence-electron chi connectivity index (χ1n) is 29.0. The van der Waals surface area contributed by atoms with Gasteiger partial charge >= 0.3 is 23.9 Å². The highest BCUT2D eigenvalue weighted by atomic mass is 16.5. The number of ether oxygens (including phenoxy) is 8. The number of rotatable bonds is 24. The van der Waals surface area contributed by atoms with Gasteiger partial charge in [0.25, 0.3) is 0 Å². The molecule has 0 unspecified atom stereocenters. The Bertz CT molecular complexity index is 3830. The monoisotopic (exact) mass is 1190 g/mol. The van der Waals surface area contributed by atoms with Gasteiger partial charge in [-0.25, -0.2) is 19.2 Å². The van der Waals surface area contributed by atoms with E-state index in [2.05, 4.69) is 85.8 Å². The van der Waals surface area contributed by atoms with E-state index in [0.29, 0.717) is 65.3 Å². The van der Waals surface area contributed by atoms with Crippen LogP contribution in [0.15, 0.2) is 178 Å². The van der Waals surface area contributed by atoms with Crippen molar-refractivity contribution in [2.24, 2.45) is 0 Å². The normalized spacial score (nSPS) is 9.94. The summed E-state index contributed by atoms with van der Waals surface area (Å²) in [5.74, 6) is 27.6. The molecule has 0 fully saturated rings. The van der Waals surface area contributed by atoms with Crippen LogP contribution in [0.5, 0.6) is 23.0 Å². The molecule has 0 aliphatic carbocycles. The highest BCUT2D eigenvalue weighted by molar-refractivity contribution is 5.93. The van der Waals surface area contributed by atoms with Gasteiger partial charge in [0.15, 0.2) is 0 Å². The molecule has 0 heterocycles. The van der Waals surface area contributed by atoms with Crippen molar-refractivity contribution in [1.29, 1.82) is 0 Å². The number of benzene rings is 7. The average Bonchev–Trinajstić information content (AvgIpc) is 1.92. The third-order valence-corrected chi connectivity index (χ3v) is 13.2. The molecule has 0 radical (unpaired) electrons. The Morgan fingerprint density at radius 1 is 0.315 bits per heavy atom. The molecule has 0 saturated carbocycles. The number of esters is 4. The molecule has 0 spiro atoms. The summed E-state index contributed by atoms with van der Waals surface area (Å²) >= 11 is 0. The van der Waals surface area contributed by atoms with Crippen LogP contribution in [0.3, 0.4) is 0 Å². The highest BCUT2D eigenvalue weighted by Crippen LogP contribution is 2.25. The van der Waals surface area contributed by atoms with Gasteiger partial charge in [0.2, 0.25) is 0 Å². The topological polar surface area (TPSA) is 142 Å². The summed E-state index contributed by atoms with van der Waals surface area (Å²) in [7, 11) is 0. The first-order valence-corrected chi connectivity index (χ1v) is 29.0. The van der Waals surface area contributed by atoms with E-state index in [9.17, 15) is 19.2 Å². The minimum absolute atomic E-state index is 0.286. The van der Waals surface area contributed by atoms with Crippen molar-refractivity contribution in [3.63, 3.8) is 0 Å². The Balaban J connectivity index is 0.000000284. The van der Waals surface area contributed by atoms with Crippen LogP contribution >= 0.6 is 0 Å².